The second kappa shape index (κ2) is 7.68. The summed E-state index contributed by atoms with van der Waals surface area (Å²) in [5.74, 6) is 0.0941. The highest BCUT2D eigenvalue weighted by Crippen LogP contribution is 2.21. The number of nitrogens with one attached hydrogen (secondary N) is 1. The van der Waals surface area contributed by atoms with E-state index >= 15 is 0 Å². The van der Waals surface area contributed by atoms with Crippen LogP contribution >= 0.6 is 0 Å². The van der Waals surface area contributed by atoms with Crippen molar-refractivity contribution in [2.45, 2.75) is 45.3 Å². The third-order valence-electron chi connectivity index (χ3n) is 5.49. The number of imidazole rings is 1. The molecular weight excluding hydrogens is 344 g/mol. The molecular formula is C20H26N4O3. The smallest absolute Gasteiger partial charge is 0.251 e. The fourth-order valence-electron chi connectivity index (χ4n) is 3.88. The number of hydrogen-bond acceptors (Lipinski definition) is 4. The molecule has 0 spiro atoms. The van der Waals surface area contributed by atoms with Crippen LogP contribution in [0.15, 0.2) is 24.5 Å². The Kier molecular flexibility index (Phi) is 5.11. The third kappa shape index (κ3) is 3.98. The van der Waals surface area contributed by atoms with Crippen molar-refractivity contribution in [3.05, 3.63) is 35.8 Å². The molecule has 7 nitrogen and oxygen atoms in total. The van der Waals surface area contributed by atoms with Crippen LogP contribution in [0.1, 0.15) is 36.9 Å². The molecule has 0 radical (unpaired) electrons. The van der Waals surface area contributed by atoms with E-state index in [4.69, 9.17) is 4.74 Å². The molecule has 0 aliphatic carbocycles. The first-order valence-electron chi connectivity index (χ1n) is 9.72. The van der Waals surface area contributed by atoms with Crippen LogP contribution in [-0.4, -0.2) is 51.9 Å². The lowest BCUT2D eigenvalue weighted by molar-refractivity contribution is -0.143. The van der Waals surface area contributed by atoms with E-state index in [9.17, 15) is 9.59 Å². The van der Waals surface area contributed by atoms with Crippen LogP contribution in [-0.2, 0) is 20.9 Å². The number of aryl methyl sites for hydroxylation is 1. The van der Waals surface area contributed by atoms with Gasteiger partial charge in [0, 0.05) is 38.0 Å². The van der Waals surface area contributed by atoms with Crippen molar-refractivity contribution in [2.24, 2.45) is 5.92 Å². The molecule has 2 fully saturated rings. The van der Waals surface area contributed by atoms with E-state index in [-0.39, 0.29) is 23.8 Å². The van der Waals surface area contributed by atoms with Crippen LogP contribution < -0.4 is 5.32 Å². The van der Waals surface area contributed by atoms with Gasteiger partial charge in [-0.2, -0.15) is 0 Å². The van der Waals surface area contributed by atoms with Gasteiger partial charge in [0.25, 0.3) is 5.91 Å². The minimum Gasteiger partial charge on any atom is -0.368 e. The highest BCUT2D eigenvalue weighted by atomic mass is 16.5. The lowest BCUT2D eigenvalue weighted by Crippen LogP contribution is -2.46. The number of ether oxygens (including phenoxy) is 1. The van der Waals surface area contributed by atoms with Gasteiger partial charge in [0.05, 0.1) is 12.2 Å². The first-order chi connectivity index (χ1) is 13.1. The van der Waals surface area contributed by atoms with Gasteiger partial charge in [0.2, 0.25) is 5.91 Å². The summed E-state index contributed by atoms with van der Waals surface area (Å²) in [6, 6.07) is 4.05. The van der Waals surface area contributed by atoms with Gasteiger partial charge < -0.3 is 19.4 Å². The van der Waals surface area contributed by atoms with Crippen molar-refractivity contribution in [3.8, 4) is 0 Å². The topological polar surface area (TPSA) is 75.9 Å². The molecule has 2 saturated heterocycles. The molecule has 2 aliphatic heterocycles. The highest BCUT2D eigenvalue weighted by Gasteiger charge is 2.32. The standard InChI is InChI=1S/C20H26N4O3/c1-14-4-7-24-13-16(22-18(24)11-14)12-21-19(25)15-5-8-23(9-6-15)20(26)17-3-2-10-27-17/h4,7,11,13,15,17H,2-3,5-6,8-10,12H2,1H3,(H,21,25)/t17-/m1/s1. The van der Waals surface area contributed by atoms with Gasteiger partial charge in [-0.1, -0.05) is 0 Å². The predicted octanol–water partition coefficient (Wildman–Crippen LogP) is 1.68. The highest BCUT2D eigenvalue weighted by molar-refractivity contribution is 5.82. The maximum atomic E-state index is 12.5. The Morgan fingerprint density at radius 3 is 2.85 bits per heavy atom. The molecule has 4 heterocycles. The number of piperidine rings is 1. The Balaban J connectivity index is 1.27. The maximum Gasteiger partial charge on any atom is 0.251 e. The number of likely N-dealkylation sites (tertiary alicyclic amines) is 1. The zero-order valence-electron chi connectivity index (χ0n) is 15.7. The van der Waals surface area contributed by atoms with Crippen LogP contribution in [0.3, 0.4) is 0 Å². The molecule has 1 N–H and O–H groups in total. The monoisotopic (exact) mass is 370 g/mol. The zero-order valence-corrected chi connectivity index (χ0v) is 15.7. The van der Waals surface area contributed by atoms with Gasteiger partial charge in [-0.3, -0.25) is 9.59 Å². The van der Waals surface area contributed by atoms with Crippen LogP contribution in [0.4, 0.5) is 0 Å². The third-order valence-corrected chi connectivity index (χ3v) is 5.49. The van der Waals surface area contributed by atoms with Gasteiger partial charge in [-0.25, -0.2) is 4.98 Å². The average Bonchev–Trinajstić information content (AvgIpc) is 3.35. The molecule has 144 valence electrons. The van der Waals surface area contributed by atoms with Crippen molar-refractivity contribution < 1.29 is 14.3 Å². The SMILES string of the molecule is Cc1ccn2cc(CNC(=O)C3CCN(C(=O)[C@H]4CCCO4)CC3)nc2c1. The summed E-state index contributed by atoms with van der Waals surface area (Å²) >= 11 is 0. The Morgan fingerprint density at radius 1 is 1.30 bits per heavy atom. The largest absolute Gasteiger partial charge is 0.368 e. The Morgan fingerprint density at radius 2 is 2.11 bits per heavy atom. The summed E-state index contributed by atoms with van der Waals surface area (Å²) in [5.41, 5.74) is 2.90. The summed E-state index contributed by atoms with van der Waals surface area (Å²) in [7, 11) is 0. The lowest BCUT2D eigenvalue weighted by Gasteiger charge is -2.32. The second-order valence-electron chi connectivity index (χ2n) is 7.52. The van der Waals surface area contributed by atoms with Crippen molar-refractivity contribution in [1.82, 2.24) is 19.6 Å². The number of amides is 2. The fraction of sp³-hybridized carbons (Fsp3) is 0.550. The van der Waals surface area contributed by atoms with E-state index < -0.39 is 0 Å². The van der Waals surface area contributed by atoms with Crippen LogP contribution in [0, 0.1) is 12.8 Å². The molecule has 2 amide bonds. The van der Waals surface area contributed by atoms with E-state index in [1.54, 1.807) is 0 Å². The number of rotatable bonds is 4. The number of hydrogen-bond donors (Lipinski definition) is 1. The molecule has 2 aromatic rings. The first-order valence-corrected chi connectivity index (χ1v) is 9.72. The first kappa shape index (κ1) is 18.0. The van der Waals surface area contributed by atoms with Crippen molar-refractivity contribution in [2.75, 3.05) is 19.7 Å². The van der Waals surface area contributed by atoms with E-state index in [1.807, 2.05) is 40.8 Å². The number of pyridine rings is 1. The minimum atomic E-state index is -0.269. The van der Waals surface area contributed by atoms with Crippen molar-refractivity contribution >= 4 is 17.5 Å². The Labute approximate surface area is 158 Å². The summed E-state index contributed by atoms with van der Waals surface area (Å²) in [6.07, 6.45) is 6.83. The number of carbonyl (C=O) groups excluding carboxylic acids is 2. The van der Waals surface area contributed by atoms with E-state index in [0.29, 0.717) is 39.1 Å². The average molecular weight is 370 g/mol. The van der Waals surface area contributed by atoms with Crippen LogP contribution in [0.2, 0.25) is 0 Å². The number of fused-ring (bicyclic) bond motifs is 1. The summed E-state index contributed by atoms with van der Waals surface area (Å²) in [4.78, 5) is 31.3. The van der Waals surface area contributed by atoms with Gasteiger partial charge in [-0.15, -0.1) is 0 Å². The summed E-state index contributed by atoms with van der Waals surface area (Å²) in [5, 5.41) is 3.00. The predicted molar refractivity (Wildman–Crippen MR) is 100 cm³/mol. The fourth-order valence-corrected chi connectivity index (χ4v) is 3.88. The van der Waals surface area contributed by atoms with E-state index in [0.717, 1.165) is 29.7 Å². The van der Waals surface area contributed by atoms with Crippen molar-refractivity contribution in [3.63, 3.8) is 0 Å². The second-order valence-corrected chi connectivity index (χ2v) is 7.52. The van der Waals surface area contributed by atoms with E-state index in [2.05, 4.69) is 10.3 Å². The van der Waals surface area contributed by atoms with Crippen LogP contribution in [0.5, 0.6) is 0 Å². The zero-order chi connectivity index (χ0) is 18.8. The Bertz CT molecular complexity index is 833. The number of aromatic nitrogens is 2. The molecule has 4 rings (SSSR count). The normalized spacial score (nSPS) is 20.9. The van der Waals surface area contributed by atoms with Gasteiger partial charge in [0.1, 0.15) is 11.8 Å². The van der Waals surface area contributed by atoms with Crippen LogP contribution in [0.25, 0.3) is 5.65 Å². The molecule has 2 aromatic heterocycles. The number of nitrogens with zero attached hydrogens (tertiary/aromatic N) is 3. The molecule has 1 atom stereocenters. The molecule has 2 aliphatic rings. The lowest BCUT2D eigenvalue weighted by atomic mass is 9.95. The minimum absolute atomic E-state index is 0.0437. The van der Waals surface area contributed by atoms with Gasteiger partial charge >= 0.3 is 0 Å². The summed E-state index contributed by atoms with van der Waals surface area (Å²) < 4.78 is 7.44. The molecule has 0 bridgehead atoms. The molecule has 27 heavy (non-hydrogen) atoms. The molecule has 7 heteroatoms. The quantitative estimate of drug-likeness (QED) is 0.888. The van der Waals surface area contributed by atoms with E-state index in [1.165, 1.54) is 0 Å². The molecule has 0 unspecified atom stereocenters. The summed E-state index contributed by atoms with van der Waals surface area (Å²) in [6.45, 7) is 4.40. The van der Waals surface area contributed by atoms with Crippen molar-refractivity contribution in [1.29, 1.82) is 0 Å². The van der Waals surface area contributed by atoms with Gasteiger partial charge in [0.15, 0.2) is 0 Å². The Hall–Kier alpha value is -2.41. The van der Waals surface area contributed by atoms with Gasteiger partial charge in [-0.05, 0) is 50.3 Å². The molecule has 0 aromatic carbocycles. The number of carbonyl (C=O) groups is 2. The molecule has 0 saturated carbocycles. The maximum absolute atomic E-state index is 12.5.